The molecule has 0 spiro atoms. The summed E-state index contributed by atoms with van der Waals surface area (Å²) in [5, 5.41) is 2.95. The van der Waals surface area contributed by atoms with Gasteiger partial charge in [-0.05, 0) is 42.7 Å². The molecular weight excluding hydrogens is 324 g/mol. The predicted octanol–water partition coefficient (Wildman–Crippen LogP) is 3.99. The second-order valence-corrected chi connectivity index (χ2v) is 5.99. The van der Waals surface area contributed by atoms with Crippen molar-refractivity contribution >= 4 is 34.8 Å². The number of rotatable bonds is 4. The lowest BCUT2D eigenvalue weighted by Crippen LogP contribution is -2.32. The number of hydrogen-bond donors (Lipinski definition) is 1. The Labute approximate surface area is 145 Å². The monoisotopic (exact) mass is 340 g/mol. The molecule has 0 aromatic heterocycles. The van der Waals surface area contributed by atoms with Gasteiger partial charge in [0.2, 0.25) is 0 Å². The second-order valence-electron chi connectivity index (χ2n) is 5.61. The number of halogens is 1. The minimum absolute atomic E-state index is 0.0904. The van der Waals surface area contributed by atoms with E-state index in [9.17, 15) is 9.59 Å². The van der Waals surface area contributed by atoms with Crippen LogP contribution in [0.2, 0.25) is 0 Å². The molecule has 2 aromatic carbocycles. The largest absolute Gasteiger partial charge is 0.349 e. The second kappa shape index (κ2) is 6.49. The first-order valence-corrected chi connectivity index (χ1v) is 8.11. The number of nitrogens with one attached hydrogen (secondary N) is 1. The first-order valence-electron chi connectivity index (χ1n) is 7.73. The molecule has 1 aliphatic heterocycles. The number of hydrogen-bond acceptors (Lipinski definition) is 3. The maximum atomic E-state index is 12.7. The van der Waals surface area contributed by atoms with Gasteiger partial charge in [-0.25, -0.2) is 4.90 Å². The molecule has 0 radical (unpaired) electrons. The van der Waals surface area contributed by atoms with Crippen molar-refractivity contribution in [1.82, 2.24) is 0 Å². The van der Waals surface area contributed by atoms with Crippen molar-refractivity contribution < 1.29 is 9.59 Å². The van der Waals surface area contributed by atoms with Crippen molar-refractivity contribution in [3.8, 4) is 0 Å². The fourth-order valence-corrected chi connectivity index (χ4v) is 2.91. The molecule has 2 aromatic rings. The highest BCUT2D eigenvalue weighted by Crippen LogP contribution is 2.31. The van der Waals surface area contributed by atoms with Crippen molar-refractivity contribution in [2.45, 2.75) is 20.3 Å². The first-order chi connectivity index (χ1) is 11.5. The number of carbonyl (C=O) groups excluding carboxylic acids is 2. The number of benzene rings is 2. The van der Waals surface area contributed by atoms with Gasteiger partial charge in [0.15, 0.2) is 0 Å². The highest BCUT2D eigenvalue weighted by Gasteiger charge is 2.39. The fraction of sp³-hybridized carbons (Fsp3) is 0.158. The minimum atomic E-state index is -0.510. The van der Waals surface area contributed by atoms with Crippen LogP contribution in [0.4, 0.5) is 11.4 Å². The van der Waals surface area contributed by atoms with Crippen molar-refractivity contribution in [3.05, 3.63) is 70.4 Å². The Morgan fingerprint density at radius 1 is 1.04 bits per heavy atom. The van der Waals surface area contributed by atoms with Crippen molar-refractivity contribution in [3.63, 3.8) is 0 Å². The molecular formula is C19H17ClN2O2. The Morgan fingerprint density at radius 3 is 2.50 bits per heavy atom. The number of aryl methyl sites for hydroxylation is 2. The number of carbonyl (C=O) groups is 2. The quantitative estimate of drug-likeness (QED) is 0.856. The Hall–Kier alpha value is -2.59. The van der Waals surface area contributed by atoms with Gasteiger partial charge in [0, 0.05) is 5.69 Å². The fourth-order valence-electron chi connectivity index (χ4n) is 2.70. The summed E-state index contributed by atoms with van der Waals surface area (Å²) in [6.07, 6.45) is 0.803. The van der Waals surface area contributed by atoms with E-state index in [-0.39, 0.29) is 10.7 Å². The van der Waals surface area contributed by atoms with Crippen LogP contribution >= 0.6 is 11.6 Å². The maximum absolute atomic E-state index is 12.7. The molecule has 0 unspecified atom stereocenters. The average molecular weight is 341 g/mol. The van der Waals surface area contributed by atoms with E-state index >= 15 is 0 Å². The van der Waals surface area contributed by atoms with E-state index in [0.717, 1.165) is 28.1 Å². The lowest BCUT2D eigenvalue weighted by molar-refractivity contribution is -0.120. The van der Waals surface area contributed by atoms with E-state index in [1.54, 1.807) is 18.2 Å². The van der Waals surface area contributed by atoms with Crippen LogP contribution in [0.5, 0.6) is 0 Å². The molecule has 0 aliphatic carbocycles. The van der Waals surface area contributed by atoms with Crippen LogP contribution < -0.4 is 10.2 Å². The molecule has 2 amide bonds. The van der Waals surface area contributed by atoms with Gasteiger partial charge < -0.3 is 5.32 Å². The van der Waals surface area contributed by atoms with E-state index in [0.29, 0.717) is 5.69 Å². The maximum Gasteiger partial charge on any atom is 0.283 e. The third kappa shape index (κ3) is 2.81. The zero-order valence-corrected chi connectivity index (χ0v) is 14.2. The molecule has 0 bridgehead atoms. The van der Waals surface area contributed by atoms with Crippen molar-refractivity contribution in [2.75, 3.05) is 10.2 Å². The summed E-state index contributed by atoms with van der Waals surface area (Å²) in [4.78, 5) is 26.3. The van der Waals surface area contributed by atoms with Gasteiger partial charge in [-0.2, -0.15) is 0 Å². The summed E-state index contributed by atoms with van der Waals surface area (Å²) in [5.41, 5.74) is 3.42. The Bertz CT molecular complexity index is 858. The van der Waals surface area contributed by atoms with Crippen molar-refractivity contribution in [1.29, 1.82) is 0 Å². The summed E-state index contributed by atoms with van der Waals surface area (Å²) >= 11 is 6.16. The highest BCUT2D eigenvalue weighted by atomic mass is 35.5. The molecule has 3 rings (SSSR count). The zero-order chi connectivity index (χ0) is 17.3. The van der Waals surface area contributed by atoms with Crippen LogP contribution in [-0.2, 0) is 16.0 Å². The number of imide groups is 1. The standard InChI is InChI=1S/C19H17ClN2O2/c1-3-13-8-4-5-10-15(13)21-17-16(20)18(23)22(19(17)24)14-9-6-7-12(2)11-14/h4-11,21H,3H2,1-2H3. The third-order valence-electron chi connectivity index (χ3n) is 3.95. The van der Waals surface area contributed by atoms with E-state index in [4.69, 9.17) is 11.6 Å². The van der Waals surface area contributed by atoms with E-state index < -0.39 is 11.8 Å². The van der Waals surface area contributed by atoms with Gasteiger partial charge >= 0.3 is 0 Å². The topological polar surface area (TPSA) is 49.4 Å². The van der Waals surface area contributed by atoms with E-state index in [1.165, 1.54) is 0 Å². The van der Waals surface area contributed by atoms with Gasteiger partial charge in [-0.15, -0.1) is 0 Å². The summed E-state index contributed by atoms with van der Waals surface area (Å²) in [5.74, 6) is -0.953. The molecule has 0 saturated heterocycles. The number of anilines is 2. The summed E-state index contributed by atoms with van der Waals surface area (Å²) in [7, 11) is 0. The third-order valence-corrected chi connectivity index (χ3v) is 4.30. The molecule has 122 valence electrons. The molecule has 5 heteroatoms. The molecule has 0 saturated carbocycles. The van der Waals surface area contributed by atoms with Gasteiger partial charge in [0.05, 0.1) is 5.69 Å². The van der Waals surface area contributed by atoms with Crippen LogP contribution in [0.15, 0.2) is 59.3 Å². The number of nitrogens with zero attached hydrogens (tertiary/aromatic N) is 1. The van der Waals surface area contributed by atoms with Crippen LogP contribution in [0, 0.1) is 6.92 Å². The van der Waals surface area contributed by atoms with Gasteiger partial charge in [0.1, 0.15) is 10.7 Å². The number of amides is 2. The van der Waals surface area contributed by atoms with Crippen LogP contribution in [-0.4, -0.2) is 11.8 Å². The summed E-state index contributed by atoms with van der Waals surface area (Å²) < 4.78 is 0. The minimum Gasteiger partial charge on any atom is -0.349 e. The van der Waals surface area contributed by atoms with Crippen LogP contribution in [0.3, 0.4) is 0 Å². The summed E-state index contributed by atoms with van der Waals surface area (Å²) in [6, 6.07) is 14.8. The lowest BCUT2D eigenvalue weighted by Gasteiger charge is -2.16. The van der Waals surface area contributed by atoms with E-state index in [1.807, 2.05) is 44.2 Å². The molecule has 1 N–H and O–H groups in total. The average Bonchev–Trinajstić information content (AvgIpc) is 2.79. The molecule has 0 fully saturated rings. The summed E-state index contributed by atoms with van der Waals surface area (Å²) in [6.45, 7) is 3.93. The van der Waals surface area contributed by atoms with Crippen LogP contribution in [0.1, 0.15) is 18.1 Å². The first kappa shape index (κ1) is 16.3. The lowest BCUT2D eigenvalue weighted by atomic mass is 10.1. The van der Waals surface area contributed by atoms with Gasteiger partial charge in [-0.3, -0.25) is 9.59 Å². The number of para-hydroxylation sites is 1. The van der Waals surface area contributed by atoms with Gasteiger partial charge in [-0.1, -0.05) is 48.9 Å². The van der Waals surface area contributed by atoms with E-state index in [2.05, 4.69) is 5.32 Å². The SMILES string of the molecule is CCc1ccccc1NC1=C(Cl)C(=O)N(c2cccc(C)c2)C1=O. The molecule has 1 heterocycles. The zero-order valence-electron chi connectivity index (χ0n) is 13.5. The Kier molecular flexibility index (Phi) is 4.40. The van der Waals surface area contributed by atoms with Crippen LogP contribution in [0.25, 0.3) is 0 Å². The molecule has 24 heavy (non-hydrogen) atoms. The molecule has 0 atom stereocenters. The normalized spacial score (nSPS) is 14.5. The molecule has 1 aliphatic rings. The Balaban J connectivity index is 1.95. The molecule has 4 nitrogen and oxygen atoms in total. The van der Waals surface area contributed by atoms with Crippen molar-refractivity contribution in [2.24, 2.45) is 0 Å². The smallest absolute Gasteiger partial charge is 0.283 e. The Morgan fingerprint density at radius 2 is 1.79 bits per heavy atom. The predicted molar refractivity (Wildman–Crippen MR) is 96.0 cm³/mol. The van der Waals surface area contributed by atoms with Gasteiger partial charge in [0.25, 0.3) is 11.8 Å². The highest BCUT2D eigenvalue weighted by molar-refractivity contribution is 6.53.